The number of aromatic nitrogens is 1. The van der Waals surface area contributed by atoms with E-state index in [2.05, 4.69) is 24.0 Å². The van der Waals surface area contributed by atoms with Gasteiger partial charge in [0.2, 0.25) is 5.91 Å². The maximum absolute atomic E-state index is 13.3. The first kappa shape index (κ1) is 25.2. The number of hydrogen-bond donors (Lipinski definition) is 2. The number of benzene rings is 2. The van der Waals surface area contributed by atoms with Crippen molar-refractivity contribution in [2.24, 2.45) is 17.4 Å². The first-order valence-electron chi connectivity index (χ1n) is 13.5. The lowest BCUT2D eigenvalue weighted by molar-refractivity contribution is 0.0998. The zero-order chi connectivity index (χ0) is 25.9. The molecule has 2 aliphatic rings. The Hall–Kier alpha value is -3.45. The molecule has 1 atom stereocenters. The van der Waals surface area contributed by atoms with Crippen molar-refractivity contribution in [3.05, 3.63) is 65.2 Å². The molecule has 0 radical (unpaired) electrons. The number of hydrogen-bond acceptors (Lipinski definition) is 4. The number of amides is 3. The minimum absolute atomic E-state index is 0.318. The van der Waals surface area contributed by atoms with Crippen LogP contribution in [0.5, 0.6) is 0 Å². The van der Waals surface area contributed by atoms with E-state index in [1.807, 2.05) is 36.4 Å². The Kier molecular flexibility index (Phi) is 7.42. The fourth-order valence-electron chi connectivity index (χ4n) is 6.26. The van der Waals surface area contributed by atoms with Crippen LogP contribution < -0.4 is 11.5 Å². The molecule has 1 saturated carbocycles. The van der Waals surface area contributed by atoms with E-state index >= 15 is 0 Å². The van der Waals surface area contributed by atoms with Gasteiger partial charge in [0.05, 0.1) is 16.8 Å². The smallest absolute Gasteiger partial charge is 0.314 e. The molecular formula is C30H37N5O2. The van der Waals surface area contributed by atoms with Crippen LogP contribution in [0.1, 0.15) is 66.4 Å². The van der Waals surface area contributed by atoms with Crippen molar-refractivity contribution in [1.82, 2.24) is 14.8 Å². The Bertz CT molecular complexity index is 1280. The normalized spacial score (nSPS) is 18.1. The summed E-state index contributed by atoms with van der Waals surface area (Å²) < 4.78 is 0. The second-order valence-corrected chi connectivity index (χ2v) is 10.6. The highest BCUT2D eigenvalue weighted by atomic mass is 16.2. The topological polar surface area (TPSA) is 106 Å². The average Bonchev–Trinajstić information content (AvgIpc) is 2.93. The minimum atomic E-state index is -0.418. The molecule has 3 aromatic rings. The maximum atomic E-state index is 13.3. The SMILES string of the molecule is C[C@H](c1cccc2nc(-c3ccccc3)c(CN3CCN(C(N)=O)CC3)c(C(N)=O)c12)C1CCCCC1. The Labute approximate surface area is 218 Å². The summed E-state index contributed by atoms with van der Waals surface area (Å²) in [4.78, 5) is 34.0. The summed E-state index contributed by atoms with van der Waals surface area (Å²) in [5.74, 6) is 0.497. The van der Waals surface area contributed by atoms with Crippen molar-refractivity contribution >= 4 is 22.8 Å². The number of rotatable bonds is 6. The highest BCUT2D eigenvalue weighted by Gasteiger charge is 2.29. The summed E-state index contributed by atoms with van der Waals surface area (Å²) in [6.45, 7) is 5.30. The van der Waals surface area contributed by atoms with Gasteiger partial charge in [-0.2, -0.15) is 0 Å². The first-order chi connectivity index (χ1) is 17.9. The zero-order valence-corrected chi connectivity index (χ0v) is 21.7. The Morgan fingerprint density at radius 1 is 0.946 bits per heavy atom. The van der Waals surface area contributed by atoms with E-state index in [0.29, 0.717) is 50.1 Å². The highest BCUT2D eigenvalue weighted by molar-refractivity contribution is 6.09. The van der Waals surface area contributed by atoms with Gasteiger partial charge >= 0.3 is 6.03 Å². The lowest BCUT2D eigenvalue weighted by Gasteiger charge is -2.34. The minimum Gasteiger partial charge on any atom is -0.366 e. The van der Waals surface area contributed by atoms with Crippen LogP contribution in [0.2, 0.25) is 0 Å². The van der Waals surface area contributed by atoms with Gasteiger partial charge < -0.3 is 16.4 Å². The quantitative estimate of drug-likeness (QED) is 0.504. The predicted molar refractivity (Wildman–Crippen MR) is 147 cm³/mol. The van der Waals surface area contributed by atoms with Crippen molar-refractivity contribution in [3.8, 4) is 11.3 Å². The summed E-state index contributed by atoms with van der Waals surface area (Å²) >= 11 is 0. The molecule has 2 aromatic carbocycles. The summed E-state index contributed by atoms with van der Waals surface area (Å²) in [5, 5.41) is 0.901. The molecule has 194 valence electrons. The number of piperazine rings is 1. The van der Waals surface area contributed by atoms with Gasteiger partial charge in [-0.25, -0.2) is 9.78 Å². The molecule has 0 spiro atoms. The summed E-state index contributed by atoms with van der Waals surface area (Å²) in [6.07, 6.45) is 6.27. The average molecular weight is 500 g/mol. The molecular weight excluding hydrogens is 462 g/mol. The number of carbonyl (C=O) groups is 2. The van der Waals surface area contributed by atoms with Gasteiger partial charge in [0.25, 0.3) is 0 Å². The molecule has 2 fully saturated rings. The Morgan fingerprint density at radius 3 is 2.30 bits per heavy atom. The lowest BCUT2D eigenvalue weighted by atomic mass is 9.76. The van der Waals surface area contributed by atoms with Crippen LogP contribution in [0.3, 0.4) is 0 Å². The molecule has 1 aliphatic heterocycles. The van der Waals surface area contributed by atoms with E-state index in [9.17, 15) is 9.59 Å². The molecule has 1 aliphatic carbocycles. The van der Waals surface area contributed by atoms with Gasteiger partial charge in [0.1, 0.15) is 0 Å². The number of fused-ring (bicyclic) bond motifs is 1. The number of nitrogens with zero attached hydrogens (tertiary/aromatic N) is 3. The number of carbonyl (C=O) groups excluding carboxylic acids is 2. The summed E-state index contributed by atoms with van der Waals surface area (Å²) in [5.41, 5.74) is 16.9. The fraction of sp³-hybridized carbons (Fsp3) is 0.433. The van der Waals surface area contributed by atoms with Gasteiger partial charge in [-0.3, -0.25) is 9.69 Å². The number of urea groups is 1. The lowest BCUT2D eigenvalue weighted by Crippen LogP contribution is -2.50. The molecule has 0 unspecified atom stereocenters. The zero-order valence-electron chi connectivity index (χ0n) is 21.7. The van der Waals surface area contributed by atoms with E-state index in [-0.39, 0.29) is 0 Å². The van der Waals surface area contributed by atoms with E-state index in [4.69, 9.17) is 16.5 Å². The van der Waals surface area contributed by atoms with Gasteiger partial charge in [0, 0.05) is 49.2 Å². The van der Waals surface area contributed by atoms with Crippen molar-refractivity contribution in [3.63, 3.8) is 0 Å². The Morgan fingerprint density at radius 2 is 1.65 bits per heavy atom. The number of primary amides is 2. The van der Waals surface area contributed by atoms with Crippen molar-refractivity contribution < 1.29 is 9.59 Å². The van der Waals surface area contributed by atoms with Crippen LogP contribution in [-0.4, -0.2) is 52.9 Å². The van der Waals surface area contributed by atoms with Crippen LogP contribution in [0.15, 0.2) is 48.5 Å². The molecule has 5 rings (SSSR count). The third kappa shape index (κ3) is 5.18. The van der Waals surface area contributed by atoms with E-state index < -0.39 is 11.9 Å². The summed E-state index contributed by atoms with van der Waals surface area (Å²) in [6, 6.07) is 15.8. The van der Waals surface area contributed by atoms with Crippen LogP contribution in [0.25, 0.3) is 22.2 Å². The molecule has 37 heavy (non-hydrogen) atoms. The van der Waals surface area contributed by atoms with Gasteiger partial charge in [-0.15, -0.1) is 0 Å². The van der Waals surface area contributed by atoms with Crippen LogP contribution >= 0.6 is 0 Å². The van der Waals surface area contributed by atoms with Crippen LogP contribution in [-0.2, 0) is 6.54 Å². The molecule has 3 amide bonds. The van der Waals surface area contributed by atoms with Crippen LogP contribution in [0.4, 0.5) is 4.79 Å². The second-order valence-electron chi connectivity index (χ2n) is 10.6. The Balaban J connectivity index is 1.65. The van der Waals surface area contributed by atoms with Gasteiger partial charge in [-0.05, 0) is 36.3 Å². The molecule has 4 N–H and O–H groups in total. The molecule has 2 heterocycles. The molecule has 1 aromatic heterocycles. The maximum Gasteiger partial charge on any atom is 0.314 e. The van der Waals surface area contributed by atoms with E-state index in [0.717, 1.165) is 27.7 Å². The molecule has 1 saturated heterocycles. The van der Waals surface area contributed by atoms with E-state index in [1.54, 1.807) is 4.90 Å². The van der Waals surface area contributed by atoms with Crippen molar-refractivity contribution in [1.29, 1.82) is 0 Å². The van der Waals surface area contributed by atoms with E-state index in [1.165, 1.54) is 37.7 Å². The monoisotopic (exact) mass is 499 g/mol. The van der Waals surface area contributed by atoms with Crippen molar-refractivity contribution in [2.45, 2.75) is 51.5 Å². The van der Waals surface area contributed by atoms with Crippen molar-refractivity contribution in [2.75, 3.05) is 26.2 Å². The molecule has 7 nitrogen and oxygen atoms in total. The molecule has 7 heteroatoms. The third-order valence-electron chi connectivity index (χ3n) is 8.35. The standard InChI is InChI=1S/C30H37N5O2/c1-20(21-9-4-2-5-10-21)23-13-8-14-25-26(23)27(29(31)36)24(28(33-25)22-11-6-3-7-12-22)19-34-15-17-35(18-16-34)30(32)37/h3,6-8,11-14,20-21H,2,4-5,9-10,15-19H2,1H3,(H2,31,36)(H2,32,37)/t20-/m0/s1. The van der Waals surface area contributed by atoms with Crippen LogP contribution in [0, 0.1) is 5.92 Å². The van der Waals surface area contributed by atoms with Gasteiger partial charge in [-0.1, -0.05) is 68.7 Å². The van der Waals surface area contributed by atoms with Gasteiger partial charge in [0.15, 0.2) is 0 Å². The predicted octanol–water partition coefficient (Wildman–Crippen LogP) is 4.88. The second kappa shape index (κ2) is 10.9. The number of nitrogens with two attached hydrogens (primary N) is 2. The summed E-state index contributed by atoms with van der Waals surface area (Å²) in [7, 11) is 0. The first-order valence-corrected chi connectivity index (χ1v) is 13.5. The highest BCUT2D eigenvalue weighted by Crippen LogP contribution is 2.41. The number of pyridine rings is 1. The largest absolute Gasteiger partial charge is 0.366 e. The third-order valence-corrected chi connectivity index (χ3v) is 8.35. The fourth-order valence-corrected chi connectivity index (χ4v) is 6.26. The molecule has 0 bridgehead atoms.